The van der Waals surface area contributed by atoms with Crippen LogP contribution in [0.5, 0.6) is 5.75 Å². The summed E-state index contributed by atoms with van der Waals surface area (Å²) in [5.41, 5.74) is 1.56. The number of hydrogen-bond acceptors (Lipinski definition) is 3. The first kappa shape index (κ1) is 8.81. The summed E-state index contributed by atoms with van der Waals surface area (Å²) in [4.78, 5) is 11.1. The van der Waals surface area contributed by atoms with E-state index in [0.717, 1.165) is 5.56 Å². The molecule has 0 radical (unpaired) electrons. The van der Waals surface area contributed by atoms with Crippen molar-refractivity contribution in [1.29, 1.82) is 0 Å². The number of hydrogen-bond donors (Lipinski definition) is 1. The molecule has 1 N–H and O–H groups in total. The second-order valence-corrected chi connectivity index (χ2v) is 3.34. The number of Topliss-reactive ketones (excluding diaryl/α,β-unsaturated/α-hetero) is 1. The summed E-state index contributed by atoms with van der Waals surface area (Å²) in [5, 5.41) is 10.3. The van der Waals surface area contributed by atoms with Crippen LogP contribution < -0.4 is 0 Å². The van der Waals surface area contributed by atoms with Crippen molar-refractivity contribution in [3.8, 4) is 5.75 Å². The zero-order valence-corrected chi connectivity index (χ0v) is 8.00. The molecule has 0 saturated carbocycles. The summed E-state index contributed by atoms with van der Waals surface area (Å²) in [6.45, 7) is 3.28. The molecule has 3 nitrogen and oxygen atoms in total. The molecule has 72 valence electrons. The van der Waals surface area contributed by atoms with Crippen LogP contribution in [-0.4, -0.2) is 10.9 Å². The Hall–Kier alpha value is -1.77. The Morgan fingerprint density at radius 3 is 2.79 bits per heavy atom. The van der Waals surface area contributed by atoms with Crippen LogP contribution in [0.3, 0.4) is 0 Å². The first-order chi connectivity index (χ1) is 6.59. The van der Waals surface area contributed by atoms with E-state index in [1.54, 1.807) is 12.1 Å². The minimum atomic E-state index is -0.267. The number of aromatic hydroxyl groups is 1. The van der Waals surface area contributed by atoms with Crippen molar-refractivity contribution < 1.29 is 14.3 Å². The molecule has 1 aromatic heterocycles. The highest BCUT2D eigenvalue weighted by Gasteiger charge is 2.16. The molecule has 3 heteroatoms. The lowest BCUT2D eigenvalue weighted by atomic mass is 10.1. The predicted molar refractivity (Wildman–Crippen MR) is 52.6 cm³/mol. The average molecular weight is 190 g/mol. The van der Waals surface area contributed by atoms with Gasteiger partial charge in [-0.05, 0) is 19.1 Å². The van der Waals surface area contributed by atoms with Crippen LogP contribution in [0, 0.1) is 6.92 Å². The second-order valence-electron chi connectivity index (χ2n) is 3.34. The van der Waals surface area contributed by atoms with E-state index in [1.807, 2.05) is 13.0 Å². The van der Waals surface area contributed by atoms with E-state index in [0.29, 0.717) is 11.0 Å². The number of furan rings is 1. The van der Waals surface area contributed by atoms with Gasteiger partial charge in [0.15, 0.2) is 11.5 Å². The first-order valence-corrected chi connectivity index (χ1v) is 4.32. The Labute approximate surface area is 81.0 Å². The van der Waals surface area contributed by atoms with Gasteiger partial charge in [-0.3, -0.25) is 4.79 Å². The molecule has 0 saturated heterocycles. The highest BCUT2D eigenvalue weighted by atomic mass is 16.4. The molecular weight excluding hydrogens is 180 g/mol. The summed E-state index contributed by atoms with van der Waals surface area (Å²) >= 11 is 0. The molecule has 0 aliphatic carbocycles. The molecule has 1 aromatic carbocycles. The molecule has 2 aromatic rings. The Morgan fingerprint density at radius 2 is 2.14 bits per heavy atom. The number of fused-ring (bicyclic) bond motifs is 1. The molecule has 0 spiro atoms. The molecule has 1 heterocycles. The number of carbonyl (C=O) groups is 1. The van der Waals surface area contributed by atoms with Gasteiger partial charge in [0.2, 0.25) is 5.76 Å². The fraction of sp³-hybridized carbons (Fsp3) is 0.182. The fourth-order valence-corrected chi connectivity index (χ4v) is 1.44. The molecule has 0 aliphatic heterocycles. The van der Waals surface area contributed by atoms with Crippen molar-refractivity contribution in [2.24, 2.45) is 0 Å². The summed E-state index contributed by atoms with van der Waals surface area (Å²) in [7, 11) is 0. The van der Waals surface area contributed by atoms with Crippen LogP contribution in [0.15, 0.2) is 22.6 Å². The highest BCUT2D eigenvalue weighted by Crippen LogP contribution is 2.32. The topological polar surface area (TPSA) is 50.4 Å². The van der Waals surface area contributed by atoms with E-state index in [4.69, 9.17) is 4.42 Å². The van der Waals surface area contributed by atoms with Gasteiger partial charge < -0.3 is 9.52 Å². The summed E-state index contributed by atoms with van der Waals surface area (Å²) in [6, 6.07) is 5.41. The van der Waals surface area contributed by atoms with Crippen LogP contribution in [0.1, 0.15) is 23.0 Å². The van der Waals surface area contributed by atoms with Crippen LogP contribution in [0.2, 0.25) is 0 Å². The summed E-state index contributed by atoms with van der Waals surface area (Å²) < 4.78 is 5.22. The van der Waals surface area contributed by atoms with Crippen molar-refractivity contribution in [2.75, 3.05) is 0 Å². The van der Waals surface area contributed by atoms with Gasteiger partial charge in [0.05, 0.1) is 5.39 Å². The van der Waals surface area contributed by atoms with Crippen molar-refractivity contribution in [3.63, 3.8) is 0 Å². The van der Waals surface area contributed by atoms with Crippen LogP contribution >= 0.6 is 0 Å². The molecule has 0 amide bonds. The molecule has 0 fully saturated rings. The predicted octanol–water partition coefficient (Wildman–Crippen LogP) is 2.65. The molecule has 0 aliphatic rings. The molecule has 14 heavy (non-hydrogen) atoms. The van der Waals surface area contributed by atoms with Gasteiger partial charge in [0, 0.05) is 6.92 Å². The van der Waals surface area contributed by atoms with Crippen molar-refractivity contribution in [1.82, 2.24) is 0 Å². The van der Waals surface area contributed by atoms with Gasteiger partial charge in [0.1, 0.15) is 5.58 Å². The zero-order valence-electron chi connectivity index (χ0n) is 8.00. The van der Waals surface area contributed by atoms with E-state index >= 15 is 0 Å². The Kier molecular flexibility index (Phi) is 1.81. The molecule has 0 unspecified atom stereocenters. The quantitative estimate of drug-likeness (QED) is 0.703. The van der Waals surface area contributed by atoms with E-state index < -0.39 is 0 Å². The second kappa shape index (κ2) is 2.87. The standard InChI is InChI=1S/C11H10O3/c1-6-3-4-9-8(5-6)10(13)11(14-9)7(2)12/h3-5,13H,1-2H3. The normalized spacial score (nSPS) is 10.7. The number of benzene rings is 1. The third kappa shape index (κ3) is 1.18. The third-order valence-electron chi connectivity index (χ3n) is 2.14. The Morgan fingerprint density at radius 1 is 1.43 bits per heavy atom. The third-order valence-corrected chi connectivity index (χ3v) is 2.14. The van der Waals surface area contributed by atoms with Gasteiger partial charge in [0.25, 0.3) is 0 Å². The van der Waals surface area contributed by atoms with Gasteiger partial charge in [-0.25, -0.2) is 0 Å². The monoisotopic (exact) mass is 190 g/mol. The summed E-state index contributed by atoms with van der Waals surface area (Å²) in [5.74, 6) is -0.293. The van der Waals surface area contributed by atoms with Crippen molar-refractivity contribution >= 4 is 16.8 Å². The fourth-order valence-electron chi connectivity index (χ4n) is 1.44. The number of carbonyl (C=O) groups excluding carboxylic acids is 1. The molecule has 0 bridgehead atoms. The largest absolute Gasteiger partial charge is 0.504 e. The summed E-state index contributed by atoms with van der Waals surface area (Å²) in [6.07, 6.45) is 0. The lowest BCUT2D eigenvalue weighted by molar-refractivity contribution is 0.0985. The number of aryl methyl sites for hydroxylation is 1. The van der Waals surface area contributed by atoms with E-state index in [9.17, 15) is 9.90 Å². The highest BCUT2D eigenvalue weighted by molar-refractivity contribution is 6.01. The van der Waals surface area contributed by atoms with E-state index in [2.05, 4.69) is 0 Å². The zero-order chi connectivity index (χ0) is 10.3. The maximum atomic E-state index is 11.1. The first-order valence-electron chi connectivity index (χ1n) is 4.32. The number of ketones is 1. The van der Waals surface area contributed by atoms with Crippen LogP contribution in [0.4, 0.5) is 0 Å². The van der Waals surface area contributed by atoms with Gasteiger partial charge in [-0.2, -0.15) is 0 Å². The SMILES string of the molecule is CC(=O)c1oc2ccc(C)cc2c1O. The van der Waals surface area contributed by atoms with Crippen molar-refractivity contribution in [3.05, 3.63) is 29.5 Å². The Balaban J connectivity index is 2.80. The smallest absolute Gasteiger partial charge is 0.212 e. The van der Waals surface area contributed by atoms with Gasteiger partial charge >= 0.3 is 0 Å². The van der Waals surface area contributed by atoms with Crippen molar-refractivity contribution in [2.45, 2.75) is 13.8 Å². The number of rotatable bonds is 1. The van der Waals surface area contributed by atoms with Crippen LogP contribution in [-0.2, 0) is 0 Å². The molecular formula is C11H10O3. The van der Waals surface area contributed by atoms with E-state index in [1.165, 1.54) is 6.92 Å². The molecule has 2 rings (SSSR count). The molecule has 0 atom stereocenters. The maximum absolute atomic E-state index is 11.1. The van der Waals surface area contributed by atoms with Crippen LogP contribution in [0.25, 0.3) is 11.0 Å². The van der Waals surface area contributed by atoms with E-state index in [-0.39, 0.29) is 17.3 Å². The van der Waals surface area contributed by atoms with Gasteiger partial charge in [-0.1, -0.05) is 11.6 Å². The minimum absolute atomic E-state index is 0.0330. The maximum Gasteiger partial charge on any atom is 0.212 e. The average Bonchev–Trinajstić information content (AvgIpc) is 2.44. The van der Waals surface area contributed by atoms with Gasteiger partial charge in [-0.15, -0.1) is 0 Å². The Bertz CT molecular complexity index is 508. The lowest BCUT2D eigenvalue weighted by Gasteiger charge is -1.90. The minimum Gasteiger partial charge on any atom is -0.504 e. The lowest BCUT2D eigenvalue weighted by Crippen LogP contribution is -1.87.